The molecule has 2 saturated heterocycles. The predicted molar refractivity (Wildman–Crippen MR) is 53.0 cm³/mol. The molecular weight excluding hydrogens is 214 g/mol. The fourth-order valence-electron chi connectivity index (χ4n) is 4.59. The van der Waals surface area contributed by atoms with Crippen LogP contribution in [0.1, 0.15) is 33.1 Å². The van der Waals surface area contributed by atoms with Gasteiger partial charge in [-0.3, -0.25) is 4.84 Å². The van der Waals surface area contributed by atoms with Crippen molar-refractivity contribution in [2.45, 2.75) is 38.8 Å². The summed E-state index contributed by atoms with van der Waals surface area (Å²) >= 11 is 0. The standard InChI is InChI=1S/C10H15NO3S/c1-8(2)7-3-4-9(8)6-15(12,13)11-10(9,5-7)14-11/h7H,3-6H2,1-2H3. The smallest absolute Gasteiger partial charge is 0.239 e. The van der Waals surface area contributed by atoms with Gasteiger partial charge in [-0.05, 0) is 35.1 Å². The minimum absolute atomic E-state index is 0.116. The molecule has 2 aliphatic carbocycles. The Labute approximate surface area is 89.6 Å². The Hall–Kier alpha value is -0.130. The first kappa shape index (κ1) is 8.96. The summed E-state index contributed by atoms with van der Waals surface area (Å²) in [6.45, 7) is 4.44. The van der Waals surface area contributed by atoms with E-state index in [1.165, 1.54) is 10.9 Å². The predicted octanol–water partition coefficient (Wildman–Crippen LogP) is 1.10. The van der Waals surface area contributed by atoms with Gasteiger partial charge < -0.3 is 0 Å². The second kappa shape index (κ2) is 1.89. The van der Waals surface area contributed by atoms with E-state index in [0.29, 0.717) is 11.7 Å². The lowest BCUT2D eigenvalue weighted by Crippen LogP contribution is -2.41. The van der Waals surface area contributed by atoms with Gasteiger partial charge >= 0.3 is 0 Å². The summed E-state index contributed by atoms with van der Waals surface area (Å²) in [7, 11) is -3.12. The molecule has 0 radical (unpaired) electrons. The molecule has 2 bridgehead atoms. The van der Waals surface area contributed by atoms with Gasteiger partial charge in [0.05, 0.1) is 5.75 Å². The van der Waals surface area contributed by atoms with Crippen molar-refractivity contribution in [2.75, 3.05) is 5.75 Å². The van der Waals surface area contributed by atoms with Crippen LogP contribution in [0.15, 0.2) is 0 Å². The SMILES string of the molecule is CC1(C)C2CCC13CS(=O)(=O)N1OC13C2. The van der Waals surface area contributed by atoms with Crippen molar-refractivity contribution in [3.63, 3.8) is 0 Å². The van der Waals surface area contributed by atoms with Crippen LogP contribution in [0, 0.1) is 16.7 Å². The number of nitrogens with zero attached hydrogens (tertiary/aromatic N) is 1. The topological polar surface area (TPSA) is 49.7 Å². The Kier molecular flexibility index (Phi) is 1.13. The molecule has 4 nitrogen and oxygen atoms in total. The van der Waals surface area contributed by atoms with Crippen molar-refractivity contribution in [3.8, 4) is 0 Å². The van der Waals surface area contributed by atoms with Gasteiger partial charge in [-0.25, -0.2) is 8.42 Å². The fourth-order valence-corrected chi connectivity index (χ4v) is 7.01. The molecule has 2 heterocycles. The van der Waals surface area contributed by atoms with Crippen molar-refractivity contribution in [1.82, 2.24) is 4.47 Å². The van der Waals surface area contributed by atoms with Gasteiger partial charge in [-0.15, -0.1) is 0 Å². The van der Waals surface area contributed by atoms with E-state index in [4.69, 9.17) is 4.84 Å². The highest BCUT2D eigenvalue weighted by Crippen LogP contribution is 2.80. The Morgan fingerprint density at radius 3 is 2.67 bits per heavy atom. The molecule has 2 aliphatic heterocycles. The summed E-state index contributed by atoms with van der Waals surface area (Å²) in [6, 6.07) is 0. The first-order chi connectivity index (χ1) is 6.86. The quantitative estimate of drug-likeness (QED) is 0.584. The third-order valence-electron chi connectivity index (χ3n) is 5.62. The van der Waals surface area contributed by atoms with Gasteiger partial charge in [-0.1, -0.05) is 13.8 Å². The first-order valence-electron chi connectivity index (χ1n) is 5.58. The highest BCUT2D eigenvalue weighted by atomic mass is 32.2. The molecule has 0 N–H and O–H groups in total. The molecule has 0 amide bonds. The van der Waals surface area contributed by atoms with Crippen molar-refractivity contribution < 1.29 is 13.3 Å². The van der Waals surface area contributed by atoms with E-state index in [1.807, 2.05) is 0 Å². The van der Waals surface area contributed by atoms with Crippen molar-refractivity contribution in [3.05, 3.63) is 0 Å². The summed E-state index contributed by atoms with van der Waals surface area (Å²) in [4.78, 5) is 5.49. The first-order valence-corrected chi connectivity index (χ1v) is 7.19. The number of hydrogen-bond donors (Lipinski definition) is 0. The maximum atomic E-state index is 11.9. The van der Waals surface area contributed by atoms with Crippen molar-refractivity contribution in [2.24, 2.45) is 16.7 Å². The Bertz CT molecular complexity index is 471. The summed E-state index contributed by atoms with van der Waals surface area (Å²) in [5, 5.41) is 0. The second-order valence-corrected chi connectivity index (χ2v) is 7.89. The van der Waals surface area contributed by atoms with Crippen molar-refractivity contribution >= 4 is 10.0 Å². The number of fused-ring (bicyclic) bond motifs is 1. The van der Waals surface area contributed by atoms with Crippen LogP contribution in [0.2, 0.25) is 0 Å². The molecule has 4 atom stereocenters. The molecule has 2 spiro atoms. The summed E-state index contributed by atoms with van der Waals surface area (Å²) < 4.78 is 25.1. The van der Waals surface area contributed by atoms with E-state index in [0.717, 1.165) is 12.8 Å². The maximum absolute atomic E-state index is 11.9. The average Bonchev–Trinajstić information content (AvgIpc) is 2.70. The lowest BCUT2D eigenvalue weighted by atomic mass is 9.68. The molecule has 4 fully saturated rings. The molecule has 15 heavy (non-hydrogen) atoms. The highest BCUT2D eigenvalue weighted by molar-refractivity contribution is 7.89. The van der Waals surface area contributed by atoms with Crippen LogP contribution >= 0.6 is 0 Å². The number of rotatable bonds is 0. The van der Waals surface area contributed by atoms with Gasteiger partial charge in [0.2, 0.25) is 10.0 Å². The van der Waals surface area contributed by atoms with Crippen LogP contribution in [0.4, 0.5) is 0 Å². The average molecular weight is 229 g/mol. The molecule has 4 unspecified atom stereocenters. The molecule has 2 saturated carbocycles. The van der Waals surface area contributed by atoms with Crippen LogP contribution < -0.4 is 0 Å². The minimum Gasteiger partial charge on any atom is -0.255 e. The molecule has 0 aromatic carbocycles. The third kappa shape index (κ3) is 0.626. The molecule has 0 aromatic rings. The lowest BCUT2D eigenvalue weighted by molar-refractivity contribution is 0.0724. The zero-order valence-electron chi connectivity index (χ0n) is 8.99. The minimum atomic E-state index is -3.12. The van der Waals surface area contributed by atoms with Crippen LogP contribution in [0.3, 0.4) is 0 Å². The van der Waals surface area contributed by atoms with Crippen molar-refractivity contribution in [1.29, 1.82) is 0 Å². The molecule has 84 valence electrons. The fraction of sp³-hybridized carbons (Fsp3) is 1.00. The lowest BCUT2D eigenvalue weighted by Gasteiger charge is -2.36. The molecule has 4 aliphatic rings. The highest BCUT2D eigenvalue weighted by Gasteiger charge is 2.88. The molecule has 5 heteroatoms. The zero-order chi connectivity index (χ0) is 10.7. The third-order valence-corrected chi connectivity index (χ3v) is 7.35. The monoisotopic (exact) mass is 229 g/mol. The Morgan fingerprint density at radius 1 is 1.40 bits per heavy atom. The normalized spacial score (nSPS) is 61.5. The Morgan fingerprint density at radius 2 is 2.13 bits per heavy atom. The summed E-state index contributed by atoms with van der Waals surface area (Å²) in [5.74, 6) is 0.946. The molecule has 0 aromatic heterocycles. The molecule has 4 rings (SSSR count). The van der Waals surface area contributed by atoms with Crippen LogP contribution in [-0.2, 0) is 14.9 Å². The van der Waals surface area contributed by atoms with E-state index in [1.54, 1.807) is 0 Å². The Balaban J connectivity index is 1.99. The summed E-state index contributed by atoms with van der Waals surface area (Å²) in [5.41, 5.74) is -0.424. The van der Waals surface area contributed by atoms with Crippen LogP contribution in [0.25, 0.3) is 0 Å². The van der Waals surface area contributed by atoms with E-state index in [-0.39, 0.29) is 10.8 Å². The van der Waals surface area contributed by atoms with Crippen LogP contribution in [0.5, 0.6) is 0 Å². The largest absolute Gasteiger partial charge is 0.255 e. The van der Waals surface area contributed by atoms with Gasteiger partial charge in [-0.2, -0.15) is 0 Å². The second-order valence-electron chi connectivity index (χ2n) is 6.10. The summed E-state index contributed by atoms with van der Waals surface area (Å²) in [6.07, 6.45) is 3.10. The number of hydrogen-bond acceptors (Lipinski definition) is 3. The maximum Gasteiger partial charge on any atom is 0.239 e. The number of hydroxylamine groups is 1. The van der Waals surface area contributed by atoms with Gasteiger partial charge in [0.25, 0.3) is 0 Å². The van der Waals surface area contributed by atoms with Gasteiger partial charge in [0.1, 0.15) is 0 Å². The van der Waals surface area contributed by atoms with Gasteiger partial charge in [0.15, 0.2) is 5.72 Å². The van der Waals surface area contributed by atoms with Crippen LogP contribution in [-0.4, -0.2) is 24.4 Å². The van der Waals surface area contributed by atoms with E-state index >= 15 is 0 Å². The molecular formula is C10H15NO3S. The van der Waals surface area contributed by atoms with E-state index in [2.05, 4.69) is 13.8 Å². The zero-order valence-corrected chi connectivity index (χ0v) is 9.80. The van der Waals surface area contributed by atoms with Gasteiger partial charge in [0, 0.05) is 5.41 Å². The van der Waals surface area contributed by atoms with E-state index < -0.39 is 15.7 Å². The number of sulfonamides is 1. The van der Waals surface area contributed by atoms with E-state index in [9.17, 15) is 8.42 Å².